The van der Waals surface area contributed by atoms with Crippen LogP contribution < -0.4 is 4.90 Å². The summed E-state index contributed by atoms with van der Waals surface area (Å²) in [5.74, 6) is 0.0250. The molecule has 0 aliphatic carbocycles. The molecule has 3 heteroatoms. The van der Waals surface area contributed by atoms with Crippen LogP contribution in [0.4, 0.5) is 5.69 Å². The lowest BCUT2D eigenvalue weighted by molar-refractivity contribution is 0.104. The molecule has 0 saturated heterocycles. The van der Waals surface area contributed by atoms with Crippen LogP contribution in [-0.2, 0) is 0 Å². The predicted octanol–water partition coefficient (Wildman–Crippen LogP) is 3.58. The Morgan fingerprint density at radius 1 is 0.957 bits per heavy atom. The average Bonchev–Trinajstić information content (AvgIpc) is 2.58. The molecule has 120 valence electrons. The molecule has 0 aromatic heterocycles. The van der Waals surface area contributed by atoms with E-state index < -0.39 is 0 Å². The van der Waals surface area contributed by atoms with Crippen molar-refractivity contribution in [3.05, 3.63) is 71.8 Å². The van der Waals surface area contributed by atoms with Gasteiger partial charge >= 0.3 is 0 Å². The van der Waals surface area contributed by atoms with Crippen LogP contribution in [0, 0.1) is 0 Å². The Bertz CT molecular complexity index is 662. The number of ketones is 1. The van der Waals surface area contributed by atoms with E-state index in [4.69, 9.17) is 0 Å². The van der Waals surface area contributed by atoms with Crippen LogP contribution in [0.5, 0.6) is 0 Å². The van der Waals surface area contributed by atoms with Gasteiger partial charge in [-0.05, 0) is 37.9 Å². The number of anilines is 1. The van der Waals surface area contributed by atoms with E-state index in [1.54, 1.807) is 6.08 Å². The minimum absolute atomic E-state index is 0.0250. The molecule has 0 unspecified atom stereocenters. The highest BCUT2D eigenvalue weighted by Crippen LogP contribution is 2.16. The second-order valence-corrected chi connectivity index (χ2v) is 5.88. The largest absolute Gasteiger partial charge is 0.373 e. The molecule has 0 N–H and O–H groups in total. The maximum atomic E-state index is 12.1. The van der Waals surface area contributed by atoms with E-state index >= 15 is 0 Å². The zero-order valence-corrected chi connectivity index (χ0v) is 14.1. The molecule has 0 bridgehead atoms. The lowest BCUT2D eigenvalue weighted by atomic mass is 10.1. The van der Waals surface area contributed by atoms with E-state index in [1.807, 2.05) is 48.5 Å². The SMILES string of the molecule is CN(C)CCN(C)c1cccc(/C=C/C(=O)c2ccccc2)c1. The summed E-state index contributed by atoms with van der Waals surface area (Å²) in [4.78, 5) is 16.5. The minimum atomic E-state index is 0.0250. The number of hydrogen-bond donors (Lipinski definition) is 0. The average molecular weight is 308 g/mol. The van der Waals surface area contributed by atoms with Gasteiger partial charge in [0.15, 0.2) is 5.78 Å². The van der Waals surface area contributed by atoms with Crippen molar-refractivity contribution in [2.45, 2.75) is 0 Å². The fourth-order valence-electron chi connectivity index (χ4n) is 2.22. The van der Waals surface area contributed by atoms with Gasteiger partial charge in [-0.15, -0.1) is 0 Å². The number of carbonyl (C=O) groups excluding carboxylic acids is 1. The fraction of sp³-hybridized carbons (Fsp3) is 0.250. The molecule has 0 aliphatic heterocycles. The third kappa shape index (κ3) is 5.38. The van der Waals surface area contributed by atoms with Crippen molar-refractivity contribution in [1.29, 1.82) is 0 Å². The number of hydrogen-bond acceptors (Lipinski definition) is 3. The maximum Gasteiger partial charge on any atom is 0.185 e. The first-order valence-corrected chi connectivity index (χ1v) is 7.79. The molecule has 2 aromatic rings. The maximum absolute atomic E-state index is 12.1. The molecule has 0 aliphatic rings. The van der Waals surface area contributed by atoms with Crippen molar-refractivity contribution >= 4 is 17.5 Å². The van der Waals surface area contributed by atoms with Crippen LogP contribution in [-0.4, -0.2) is 44.9 Å². The Hall–Kier alpha value is -2.39. The molecule has 0 fully saturated rings. The number of rotatable bonds is 7. The van der Waals surface area contributed by atoms with E-state index in [0.717, 1.165) is 24.3 Å². The molecule has 0 heterocycles. The number of likely N-dealkylation sites (N-methyl/N-ethyl adjacent to an activating group) is 2. The predicted molar refractivity (Wildman–Crippen MR) is 98.1 cm³/mol. The van der Waals surface area contributed by atoms with Crippen LogP contribution in [0.3, 0.4) is 0 Å². The Kier molecular flexibility index (Phi) is 6.12. The van der Waals surface area contributed by atoms with Crippen molar-refractivity contribution in [2.75, 3.05) is 39.1 Å². The molecule has 23 heavy (non-hydrogen) atoms. The van der Waals surface area contributed by atoms with Crippen molar-refractivity contribution in [2.24, 2.45) is 0 Å². The zero-order valence-electron chi connectivity index (χ0n) is 14.1. The third-order valence-corrected chi connectivity index (χ3v) is 3.68. The summed E-state index contributed by atoms with van der Waals surface area (Å²) in [6, 6.07) is 17.6. The topological polar surface area (TPSA) is 23.6 Å². The van der Waals surface area contributed by atoms with Gasteiger partial charge in [-0.3, -0.25) is 4.79 Å². The first kappa shape index (κ1) is 17.0. The number of carbonyl (C=O) groups is 1. The third-order valence-electron chi connectivity index (χ3n) is 3.68. The number of allylic oxidation sites excluding steroid dienone is 1. The Labute approximate surface area is 138 Å². The minimum Gasteiger partial charge on any atom is -0.373 e. The standard InChI is InChI=1S/C20H24N2O/c1-21(2)14-15-22(3)19-11-7-8-17(16-19)12-13-20(23)18-9-5-4-6-10-18/h4-13,16H,14-15H2,1-3H3/b13-12+. The van der Waals surface area contributed by atoms with Gasteiger partial charge in [-0.25, -0.2) is 0 Å². The van der Waals surface area contributed by atoms with Gasteiger partial charge in [0.2, 0.25) is 0 Å². The zero-order chi connectivity index (χ0) is 16.7. The molecule has 2 aromatic carbocycles. The summed E-state index contributed by atoms with van der Waals surface area (Å²) in [6.45, 7) is 1.96. The molecule has 0 amide bonds. The molecule has 0 saturated carbocycles. The van der Waals surface area contributed by atoms with Gasteiger partial charge < -0.3 is 9.80 Å². The van der Waals surface area contributed by atoms with Crippen LogP contribution in [0.25, 0.3) is 6.08 Å². The fourth-order valence-corrected chi connectivity index (χ4v) is 2.22. The van der Waals surface area contributed by atoms with Crippen LogP contribution in [0.1, 0.15) is 15.9 Å². The van der Waals surface area contributed by atoms with E-state index in [2.05, 4.69) is 43.1 Å². The van der Waals surface area contributed by atoms with Crippen molar-refractivity contribution in [3.8, 4) is 0 Å². The first-order valence-electron chi connectivity index (χ1n) is 7.79. The van der Waals surface area contributed by atoms with E-state index in [1.165, 1.54) is 0 Å². The van der Waals surface area contributed by atoms with Crippen molar-refractivity contribution < 1.29 is 4.79 Å². The molecule has 0 atom stereocenters. The van der Waals surface area contributed by atoms with Crippen molar-refractivity contribution in [3.63, 3.8) is 0 Å². The monoisotopic (exact) mass is 308 g/mol. The normalized spacial score (nSPS) is 11.1. The summed E-state index contributed by atoms with van der Waals surface area (Å²) < 4.78 is 0. The second-order valence-electron chi connectivity index (χ2n) is 5.88. The van der Waals surface area contributed by atoms with E-state index in [0.29, 0.717) is 5.56 Å². The van der Waals surface area contributed by atoms with Crippen LogP contribution in [0.15, 0.2) is 60.7 Å². The second kappa shape index (κ2) is 8.30. The molecular weight excluding hydrogens is 284 g/mol. The van der Waals surface area contributed by atoms with Crippen LogP contribution >= 0.6 is 0 Å². The van der Waals surface area contributed by atoms with E-state index in [9.17, 15) is 4.79 Å². The van der Waals surface area contributed by atoms with Gasteiger partial charge in [0.25, 0.3) is 0 Å². The van der Waals surface area contributed by atoms with Gasteiger partial charge in [0, 0.05) is 31.4 Å². The highest BCUT2D eigenvalue weighted by Gasteiger charge is 2.03. The molecule has 0 spiro atoms. The summed E-state index contributed by atoms with van der Waals surface area (Å²) in [6.07, 6.45) is 3.51. The van der Waals surface area contributed by atoms with E-state index in [-0.39, 0.29) is 5.78 Å². The van der Waals surface area contributed by atoms with Gasteiger partial charge in [-0.1, -0.05) is 48.5 Å². The van der Waals surface area contributed by atoms with Gasteiger partial charge in [-0.2, -0.15) is 0 Å². The Morgan fingerprint density at radius 3 is 2.39 bits per heavy atom. The first-order chi connectivity index (χ1) is 11.1. The number of benzene rings is 2. The molecule has 2 rings (SSSR count). The smallest absolute Gasteiger partial charge is 0.185 e. The lowest BCUT2D eigenvalue weighted by Gasteiger charge is -2.21. The molecular formula is C20H24N2O. The van der Waals surface area contributed by atoms with Crippen LogP contribution in [0.2, 0.25) is 0 Å². The highest BCUT2D eigenvalue weighted by molar-refractivity contribution is 6.06. The number of nitrogens with zero attached hydrogens (tertiary/aromatic N) is 2. The van der Waals surface area contributed by atoms with Gasteiger partial charge in [0.05, 0.1) is 0 Å². The van der Waals surface area contributed by atoms with Crippen molar-refractivity contribution in [1.82, 2.24) is 4.90 Å². The quantitative estimate of drug-likeness (QED) is 0.577. The Morgan fingerprint density at radius 2 is 1.70 bits per heavy atom. The summed E-state index contributed by atoms with van der Waals surface area (Å²) >= 11 is 0. The summed E-state index contributed by atoms with van der Waals surface area (Å²) in [7, 11) is 6.23. The lowest BCUT2D eigenvalue weighted by Crippen LogP contribution is -2.28. The molecule has 0 radical (unpaired) electrons. The summed E-state index contributed by atoms with van der Waals surface area (Å²) in [5.41, 5.74) is 2.90. The Balaban J connectivity index is 2.05. The molecule has 3 nitrogen and oxygen atoms in total. The summed E-state index contributed by atoms with van der Waals surface area (Å²) in [5, 5.41) is 0. The highest BCUT2D eigenvalue weighted by atomic mass is 16.1. The van der Waals surface area contributed by atoms with Gasteiger partial charge in [0.1, 0.15) is 0 Å².